The second-order valence-corrected chi connectivity index (χ2v) is 8.11. The van der Waals surface area contributed by atoms with Crippen LogP contribution in [-0.2, 0) is 12.0 Å². The van der Waals surface area contributed by atoms with Gasteiger partial charge in [-0.1, -0.05) is 6.92 Å². The molecule has 0 atom stereocenters. The first kappa shape index (κ1) is 16.0. The summed E-state index contributed by atoms with van der Waals surface area (Å²) < 4.78 is 0. The minimum absolute atomic E-state index is 0.247. The van der Waals surface area contributed by atoms with Gasteiger partial charge in [0.1, 0.15) is 0 Å². The monoisotopic (exact) mass is 343 g/mol. The zero-order valence-electron chi connectivity index (χ0n) is 14.3. The van der Waals surface area contributed by atoms with E-state index in [2.05, 4.69) is 38.1 Å². The first-order valence-electron chi connectivity index (χ1n) is 8.92. The lowest BCUT2D eigenvalue weighted by atomic mass is 9.81. The number of thiazole rings is 1. The standard InChI is InChI=1S/C18H25N5S/c1-18(16-19-8-13-24-16)5-11-22(12-6-18)14-15-4-7-20-17(21-15)23-9-2-3-10-23/h4,7-8,13H,2-3,5-6,9-12,14H2,1H3. The van der Waals surface area contributed by atoms with E-state index in [1.807, 2.05) is 12.4 Å². The molecule has 0 N–H and O–H groups in total. The van der Waals surface area contributed by atoms with Crippen molar-refractivity contribution >= 4 is 17.3 Å². The summed E-state index contributed by atoms with van der Waals surface area (Å²) in [5, 5.41) is 3.38. The van der Waals surface area contributed by atoms with E-state index in [-0.39, 0.29) is 5.41 Å². The number of likely N-dealkylation sites (tertiary alicyclic amines) is 1. The van der Waals surface area contributed by atoms with Gasteiger partial charge in [-0.2, -0.15) is 0 Å². The molecule has 2 saturated heterocycles. The van der Waals surface area contributed by atoms with Gasteiger partial charge in [-0.15, -0.1) is 11.3 Å². The molecule has 0 bridgehead atoms. The number of anilines is 1. The average Bonchev–Trinajstić information content (AvgIpc) is 3.31. The van der Waals surface area contributed by atoms with Crippen LogP contribution in [0.1, 0.15) is 43.3 Å². The van der Waals surface area contributed by atoms with E-state index in [9.17, 15) is 0 Å². The van der Waals surface area contributed by atoms with E-state index in [0.29, 0.717) is 0 Å². The molecule has 0 aliphatic carbocycles. The van der Waals surface area contributed by atoms with Crippen LogP contribution in [0.2, 0.25) is 0 Å². The molecule has 2 fully saturated rings. The Balaban J connectivity index is 1.38. The van der Waals surface area contributed by atoms with Crippen LogP contribution in [0.3, 0.4) is 0 Å². The Morgan fingerprint density at radius 1 is 1.08 bits per heavy atom. The van der Waals surface area contributed by atoms with E-state index >= 15 is 0 Å². The number of hydrogen-bond acceptors (Lipinski definition) is 6. The predicted molar refractivity (Wildman–Crippen MR) is 97.5 cm³/mol. The van der Waals surface area contributed by atoms with Crippen molar-refractivity contribution in [2.45, 2.75) is 44.6 Å². The molecule has 2 aromatic rings. The van der Waals surface area contributed by atoms with Gasteiger partial charge >= 0.3 is 0 Å². The Kier molecular flexibility index (Phi) is 4.50. The summed E-state index contributed by atoms with van der Waals surface area (Å²) in [5.41, 5.74) is 1.39. The van der Waals surface area contributed by atoms with Crippen molar-refractivity contribution in [3.8, 4) is 0 Å². The number of rotatable bonds is 4. The molecule has 2 aliphatic rings. The molecule has 0 unspecified atom stereocenters. The predicted octanol–water partition coefficient (Wildman–Crippen LogP) is 3.09. The molecule has 2 aromatic heterocycles. The minimum atomic E-state index is 0.247. The lowest BCUT2D eigenvalue weighted by Gasteiger charge is -2.38. The van der Waals surface area contributed by atoms with Crippen molar-refractivity contribution in [2.24, 2.45) is 0 Å². The van der Waals surface area contributed by atoms with Crippen molar-refractivity contribution < 1.29 is 0 Å². The molecular formula is C18H25N5S. The van der Waals surface area contributed by atoms with Crippen molar-refractivity contribution in [2.75, 3.05) is 31.1 Å². The Morgan fingerprint density at radius 3 is 2.58 bits per heavy atom. The van der Waals surface area contributed by atoms with Gasteiger partial charge in [-0.3, -0.25) is 4.90 Å². The molecule has 6 heteroatoms. The lowest BCUT2D eigenvalue weighted by Crippen LogP contribution is -2.40. The van der Waals surface area contributed by atoms with Crippen LogP contribution in [0.15, 0.2) is 23.8 Å². The summed E-state index contributed by atoms with van der Waals surface area (Å²) in [6, 6.07) is 2.06. The summed E-state index contributed by atoms with van der Waals surface area (Å²) in [6.45, 7) is 7.70. The summed E-state index contributed by atoms with van der Waals surface area (Å²) in [6.07, 6.45) is 8.71. The van der Waals surface area contributed by atoms with Gasteiger partial charge in [0, 0.05) is 42.8 Å². The van der Waals surface area contributed by atoms with Gasteiger partial charge in [0.05, 0.1) is 10.7 Å². The first-order valence-corrected chi connectivity index (χ1v) is 9.80. The van der Waals surface area contributed by atoms with E-state index < -0.39 is 0 Å². The fourth-order valence-electron chi connectivity index (χ4n) is 3.71. The third kappa shape index (κ3) is 3.30. The van der Waals surface area contributed by atoms with Crippen LogP contribution < -0.4 is 4.90 Å². The summed E-state index contributed by atoms with van der Waals surface area (Å²) in [5.74, 6) is 0.912. The van der Waals surface area contributed by atoms with Gasteiger partial charge < -0.3 is 4.90 Å². The van der Waals surface area contributed by atoms with Gasteiger partial charge in [-0.25, -0.2) is 15.0 Å². The summed E-state index contributed by atoms with van der Waals surface area (Å²) in [4.78, 5) is 18.6. The Bertz CT molecular complexity index is 658. The molecule has 4 heterocycles. The maximum absolute atomic E-state index is 4.80. The zero-order chi connectivity index (χ0) is 16.4. The SMILES string of the molecule is CC1(c2nccs2)CCN(Cc2ccnc(N3CCCC3)n2)CC1. The fourth-order valence-corrected chi connectivity index (χ4v) is 4.57. The third-order valence-corrected chi connectivity index (χ3v) is 6.46. The van der Waals surface area contributed by atoms with Crippen LogP contribution in [0.4, 0.5) is 5.95 Å². The fraction of sp³-hybridized carbons (Fsp3) is 0.611. The zero-order valence-corrected chi connectivity index (χ0v) is 15.1. The number of nitrogens with zero attached hydrogens (tertiary/aromatic N) is 5. The number of hydrogen-bond donors (Lipinski definition) is 0. The number of piperidine rings is 1. The van der Waals surface area contributed by atoms with Crippen LogP contribution in [-0.4, -0.2) is 46.0 Å². The van der Waals surface area contributed by atoms with Crippen LogP contribution in [0.5, 0.6) is 0 Å². The molecule has 4 rings (SSSR count). The van der Waals surface area contributed by atoms with Crippen molar-refractivity contribution in [1.82, 2.24) is 19.9 Å². The maximum Gasteiger partial charge on any atom is 0.225 e. The summed E-state index contributed by atoms with van der Waals surface area (Å²) in [7, 11) is 0. The van der Waals surface area contributed by atoms with Crippen molar-refractivity contribution in [1.29, 1.82) is 0 Å². The third-order valence-electron chi connectivity index (χ3n) is 5.38. The minimum Gasteiger partial charge on any atom is -0.341 e. The molecule has 0 spiro atoms. The first-order chi connectivity index (χ1) is 11.7. The maximum atomic E-state index is 4.80. The largest absolute Gasteiger partial charge is 0.341 e. The van der Waals surface area contributed by atoms with Crippen LogP contribution in [0, 0.1) is 0 Å². The molecule has 24 heavy (non-hydrogen) atoms. The van der Waals surface area contributed by atoms with E-state index in [4.69, 9.17) is 4.98 Å². The van der Waals surface area contributed by atoms with E-state index in [0.717, 1.165) is 44.4 Å². The molecule has 128 valence electrons. The van der Waals surface area contributed by atoms with Crippen LogP contribution in [0.25, 0.3) is 0 Å². The molecule has 0 saturated carbocycles. The highest BCUT2D eigenvalue weighted by atomic mass is 32.1. The molecular weight excluding hydrogens is 318 g/mol. The van der Waals surface area contributed by atoms with Gasteiger partial charge in [-0.05, 0) is 44.8 Å². The Labute approximate surface area is 147 Å². The second-order valence-electron chi connectivity index (χ2n) is 7.22. The van der Waals surface area contributed by atoms with E-state index in [1.165, 1.54) is 30.7 Å². The summed E-state index contributed by atoms with van der Waals surface area (Å²) >= 11 is 1.79. The van der Waals surface area contributed by atoms with Gasteiger partial charge in [0.15, 0.2) is 0 Å². The van der Waals surface area contributed by atoms with Gasteiger partial charge in [0.2, 0.25) is 5.95 Å². The Morgan fingerprint density at radius 2 is 1.88 bits per heavy atom. The highest BCUT2D eigenvalue weighted by molar-refractivity contribution is 7.09. The second kappa shape index (κ2) is 6.76. The molecule has 5 nitrogen and oxygen atoms in total. The van der Waals surface area contributed by atoms with E-state index in [1.54, 1.807) is 11.3 Å². The van der Waals surface area contributed by atoms with Crippen molar-refractivity contribution in [3.05, 3.63) is 34.5 Å². The quantitative estimate of drug-likeness (QED) is 0.854. The highest BCUT2D eigenvalue weighted by Gasteiger charge is 2.33. The average molecular weight is 344 g/mol. The molecule has 0 radical (unpaired) electrons. The van der Waals surface area contributed by atoms with Gasteiger partial charge in [0.25, 0.3) is 0 Å². The lowest BCUT2D eigenvalue weighted by molar-refractivity contribution is 0.160. The van der Waals surface area contributed by atoms with Crippen molar-refractivity contribution in [3.63, 3.8) is 0 Å². The topological polar surface area (TPSA) is 45.2 Å². The normalized spacial score (nSPS) is 21.3. The number of aromatic nitrogens is 3. The highest BCUT2D eigenvalue weighted by Crippen LogP contribution is 2.36. The molecule has 2 aliphatic heterocycles. The van der Waals surface area contributed by atoms with Crippen LogP contribution >= 0.6 is 11.3 Å². The molecule has 0 aromatic carbocycles. The Hall–Kier alpha value is -1.53. The smallest absolute Gasteiger partial charge is 0.225 e. The molecule has 0 amide bonds.